The molecule has 0 amide bonds. The van der Waals surface area contributed by atoms with Gasteiger partial charge in [-0.05, 0) is 37.3 Å². The van der Waals surface area contributed by atoms with Crippen molar-refractivity contribution in [3.63, 3.8) is 0 Å². The highest BCUT2D eigenvalue weighted by Crippen LogP contribution is 2.26. The molecule has 0 radical (unpaired) electrons. The van der Waals surface area contributed by atoms with Crippen LogP contribution >= 0.6 is 0 Å². The van der Waals surface area contributed by atoms with Gasteiger partial charge in [-0.15, -0.1) is 0 Å². The summed E-state index contributed by atoms with van der Waals surface area (Å²) >= 11 is 0. The Morgan fingerprint density at radius 2 is 2.00 bits per heavy atom. The van der Waals surface area contributed by atoms with Crippen LogP contribution in [0.15, 0.2) is 40.8 Å². The molecule has 4 heteroatoms. The summed E-state index contributed by atoms with van der Waals surface area (Å²) in [6.07, 6.45) is 0. The molecule has 0 aliphatic rings. The van der Waals surface area contributed by atoms with E-state index in [1.54, 1.807) is 7.11 Å². The van der Waals surface area contributed by atoms with Gasteiger partial charge in [-0.2, -0.15) is 0 Å². The van der Waals surface area contributed by atoms with Gasteiger partial charge >= 0.3 is 0 Å². The second-order valence-electron chi connectivity index (χ2n) is 4.03. The number of hydrogen-bond acceptors (Lipinski definition) is 4. The lowest BCUT2D eigenvalue weighted by molar-refractivity contribution is 0.415. The Bertz CT molecular complexity index is 704. The predicted molar refractivity (Wildman–Crippen MR) is 68.5 cm³/mol. The van der Waals surface area contributed by atoms with Crippen molar-refractivity contribution in [1.29, 1.82) is 0 Å². The maximum atomic E-state index is 5.66. The van der Waals surface area contributed by atoms with Gasteiger partial charge in [0.05, 0.1) is 7.11 Å². The van der Waals surface area contributed by atoms with Gasteiger partial charge in [0.25, 0.3) is 0 Å². The number of pyridine rings is 1. The molecule has 90 valence electrons. The molecule has 0 atom stereocenters. The number of methoxy groups -OCH3 is 1. The van der Waals surface area contributed by atoms with Crippen LogP contribution in [0.1, 0.15) is 5.69 Å². The first-order valence-electron chi connectivity index (χ1n) is 5.65. The van der Waals surface area contributed by atoms with Gasteiger partial charge in [0.2, 0.25) is 11.6 Å². The zero-order chi connectivity index (χ0) is 12.5. The van der Waals surface area contributed by atoms with Crippen LogP contribution in [0, 0.1) is 6.92 Å². The number of oxazole rings is 1. The second kappa shape index (κ2) is 4.14. The fourth-order valence-electron chi connectivity index (χ4n) is 1.79. The Labute approximate surface area is 104 Å². The first-order chi connectivity index (χ1) is 8.76. The molecule has 3 aromatic rings. The van der Waals surface area contributed by atoms with E-state index in [1.165, 1.54) is 0 Å². The van der Waals surface area contributed by atoms with Crippen LogP contribution < -0.4 is 4.74 Å². The monoisotopic (exact) mass is 240 g/mol. The number of ether oxygens (including phenoxy) is 1. The Morgan fingerprint density at radius 1 is 1.11 bits per heavy atom. The van der Waals surface area contributed by atoms with E-state index in [0.717, 1.165) is 22.5 Å². The van der Waals surface area contributed by atoms with E-state index in [2.05, 4.69) is 9.97 Å². The molecule has 0 N–H and O–H groups in total. The first-order valence-corrected chi connectivity index (χ1v) is 5.65. The van der Waals surface area contributed by atoms with Crippen molar-refractivity contribution in [2.75, 3.05) is 7.11 Å². The number of fused-ring (bicyclic) bond motifs is 1. The van der Waals surface area contributed by atoms with Crippen molar-refractivity contribution in [3.8, 4) is 17.2 Å². The number of nitrogens with zero attached hydrogens (tertiary/aromatic N) is 2. The molecular weight excluding hydrogens is 228 g/mol. The van der Waals surface area contributed by atoms with Crippen molar-refractivity contribution in [1.82, 2.24) is 9.97 Å². The minimum atomic E-state index is 0.557. The van der Waals surface area contributed by atoms with Crippen LogP contribution in [0.5, 0.6) is 5.75 Å². The summed E-state index contributed by atoms with van der Waals surface area (Å²) in [6, 6.07) is 11.4. The smallest absolute Gasteiger partial charge is 0.247 e. The van der Waals surface area contributed by atoms with Crippen LogP contribution in [-0.2, 0) is 0 Å². The predicted octanol–water partition coefficient (Wildman–Crippen LogP) is 3.21. The minimum absolute atomic E-state index is 0.557. The average molecular weight is 240 g/mol. The van der Waals surface area contributed by atoms with E-state index >= 15 is 0 Å². The fourth-order valence-corrected chi connectivity index (χ4v) is 1.79. The number of aryl methyl sites for hydroxylation is 1. The molecular formula is C14H12N2O2. The third kappa shape index (κ3) is 1.82. The highest BCUT2D eigenvalue weighted by Gasteiger charge is 2.09. The summed E-state index contributed by atoms with van der Waals surface area (Å²) in [5, 5.41) is 0. The molecule has 2 aromatic heterocycles. The zero-order valence-electron chi connectivity index (χ0n) is 10.2. The highest BCUT2D eigenvalue weighted by molar-refractivity contribution is 5.72. The lowest BCUT2D eigenvalue weighted by Gasteiger charge is -2.00. The summed E-state index contributed by atoms with van der Waals surface area (Å²) < 4.78 is 10.8. The van der Waals surface area contributed by atoms with Crippen molar-refractivity contribution < 1.29 is 9.15 Å². The van der Waals surface area contributed by atoms with Crippen molar-refractivity contribution in [3.05, 3.63) is 42.1 Å². The van der Waals surface area contributed by atoms with E-state index in [1.807, 2.05) is 43.3 Å². The molecule has 0 saturated heterocycles. The molecule has 0 unspecified atom stereocenters. The van der Waals surface area contributed by atoms with Gasteiger partial charge in [-0.25, -0.2) is 9.97 Å². The molecule has 1 aromatic carbocycles. The summed E-state index contributed by atoms with van der Waals surface area (Å²) in [4.78, 5) is 8.72. The lowest BCUT2D eigenvalue weighted by Crippen LogP contribution is -1.83. The average Bonchev–Trinajstić information content (AvgIpc) is 2.81. The number of aromatic nitrogens is 2. The van der Waals surface area contributed by atoms with Crippen molar-refractivity contribution in [2.45, 2.75) is 6.92 Å². The molecule has 3 rings (SSSR count). The number of benzene rings is 1. The Kier molecular flexibility index (Phi) is 2.48. The standard InChI is InChI=1S/C14H12N2O2/c1-9-6-7-12-14(15-9)18-13(16-12)10-4-3-5-11(8-10)17-2/h3-8H,1-2H3. The topological polar surface area (TPSA) is 48.2 Å². The lowest BCUT2D eigenvalue weighted by atomic mass is 10.2. The summed E-state index contributed by atoms with van der Waals surface area (Å²) in [5.74, 6) is 1.33. The van der Waals surface area contributed by atoms with E-state index in [-0.39, 0.29) is 0 Å². The van der Waals surface area contributed by atoms with E-state index in [4.69, 9.17) is 9.15 Å². The van der Waals surface area contributed by atoms with Crippen LogP contribution in [0.2, 0.25) is 0 Å². The van der Waals surface area contributed by atoms with Gasteiger partial charge in [-0.1, -0.05) is 6.07 Å². The third-order valence-corrected chi connectivity index (χ3v) is 2.71. The number of rotatable bonds is 2. The van der Waals surface area contributed by atoms with E-state index in [0.29, 0.717) is 11.6 Å². The Balaban J connectivity index is 2.13. The molecule has 18 heavy (non-hydrogen) atoms. The van der Waals surface area contributed by atoms with E-state index < -0.39 is 0 Å². The van der Waals surface area contributed by atoms with Gasteiger partial charge < -0.3 is 9.15 Å². The largest absolute Gasteiger partial charge is 0.497 e. The third-order valence-electron chi connectivity index (χ3n) is 2.71. The van der Waals surface area contributed by atoms with E-state index in [9.17, 15) is 0 Å². The molecule has 0 spiro atoms. The Hall–Kier alpha value is -2.36. The van der Waals surface area contributed by atoms with Gasteiger partial charge in [-0.3, -0.25) is 0 Å². The maximum absolute atomic E-state index is 5.66. The molecule has 0 fully saturated rings. The van der Waals surface area contributed by atoms with Crippen molar-refractivity contribution in [2.24, 2.45) is 0 Å². The Morgan fingerprint density at radius 3 is 2.83 bits per heavy atom. The maximum Gasteiger partial charge on any atom is 0.247 e. The summed E-state index contributed by atoms with van der Waals surface area (Å²) in [7, 11) is 1.64. The van der Waals surface area contributed by atoms with Gasteiger partial charge in [0, 0.05) is 11.3 Å². The SMILES string of the molecule is COc1cccc(-c2nc3ccc(C)nc3o2)c1. The fraction of sp³-hybridized carbons (Fsp3) is 0.143. The zero-order valence-corrected chi connectivity index (χ0v) is 10.2. The molecule has 0 aliphatic carbocycles. The molecule has 0 bridgehead atoms. The molecule has 0 saturated carbocycles. The highest BCUT2D eigenvalue weighted by atomic mass is 16.5. The summed E-state index contributed by atoms with van der Waals surface area (Å²) in [5.41, 5.74) is 3.12. The molecule has 4 nitrogen and oxygen atoms in total. The second-order valence-corrected chi connectivity index (χ2v) is 4.03. The van der Waals surface area contributed by atoms with Crippen LogP contribution in [-0.4, -0.2) is 17.1 Å². The normalized spacial score (nSPS) is 10.8. The summed E-state index contributed by atoms with van der Waals surface area (Å²) in [6.45, 7) is 1.92. The molecule has 2 heterocycles. The van der Waals surface area contributed by atoms with Gasteiger partial charge in [0.15, 0.2) is 0 Å². The van der Waals surface area contributed by atoms with Crippen LogP contribution in [0.4, 0.5) is 0 Å². The van der Waals surface area contributed by atoms with Crippen LogP contribution in [0.3, 0.4) is 0 Å². The first kappa shape index (κ1) is 10.8. The number of hydrogen-bond donors (Lipinski definition) is 0. The van der Waals surface area contributed by atoms with Gasteiger partial charge in [0.1, 0.15) is 11.3 Å². The quantitative estimate of drug-likeness (QED) is 0.690. The van der Waals surface area contributed by atoms with Crippen LogP contribution in [0.25, 0.3) is 22.7 Å². The molecule has 0 aliphatic heterocycles. The van der Waals surface area contributed by atoms with Crippen molar-refractivity contribution >= 4 is 11.2 Å². The minimum Gasteiger partial charge on any atom is -0.497 e.